The van der Waals surface area contributed by atoms with Crippen molar-refractivity contribution in [3.63, 3.8) is 0 Å². The molecule has 5 heteroatoms. The Morgan fingerprint density at radius 2 is 1.83 bits per heavy atom. The number of hydrogen-bond donors (Lipinski definition) is 2. The van der Waals surface area contributed by atoms with Crippen LogP contribution in [0.15, 0.2) is 18.2 Å². The lowest BCUT2D eigenvalue weighted by molar-refractivity contribution is -0.384. The second-order valence-electron chi connectivity index (χ2n) is 4.88. The molecule has 2 N–H and O–H groups in total. The van der Waals surface area contributed by atoms with Gasteiger partial charge in [-0.3, -0.25) is 10.1 Å². The highest BCUT2D eigenvalue weighted by Crippen LogP contribution is 2.24. The summed E-state index contributed by atoms with van der Waals surface area (Å²) in [6.07, 6.45) is 0. The predicted octanol–water partition coefficient (Wildman–Crippen LogP) is 3.34. The molecule has 0 aliphatic heterocycles. The molecule has 1 aromatic rings. The molecule has 0 bridgehead atoms. The second-order valence-corrected chi connectivity index (χ2v) is 4.88. The number of nitrogens with zero attached hydrogens (tertiary/aromatic N) is 1. The quantitative estimate of drug-likeness (QED) is 0.601. The average molecular weight is 251 g/mol. The Balaban J connectivity index is 2.81. The number of rotatable bonds is 6. The first-order valence-electron chi connectivity index (χ1n) is 6.15. The molecule has 100 valence electrons. The van der Waals surface area contributed by atoms with Crippen LogP contribution >= 0.6 is 0 Å². The average Bonchev–Trinajstić information content (AvgIpc) is 2.35. The van der Waals surface area contributed by atoms with Crippen LogP contribution in [0.2, 0.25) is 0 Å². The molecule has 5 nitrogen and oxygen atoms in total. The molecule has 0 aromatic heterocycles. The van der Waals surface area contributed by atoms with Gasteiger partial charge in [-0.25, -0.2) is 0 Å². The molecule has 18 heavy (non-hydrogen) atoms. The van der Waals surface area contributed by atoms with Gasteiger partial charge in [0.2, 0.25) is 0 Å². The monoisotopic (exact) mass is 251 g/mol. The highest BCUT2D eigenvalue weighted by atomic mass is 16.6. The maximum atomic E-state index is 10.8. The Kier molecular flexibility index (Phi) is 4.95. The van der Waals surface area contributed by atoms with Gasteiger partial charge in [0.15, 0.2) is 0 Å². The molecule has 0 saturated heterocycles. The van der Waals surface area contributed by atoms with Crippen molar-refractivity contribution in [2.45, 2.75) is 20.8 Å². The van der Waals surface area contributed by atoms with E-state index in [9.17, 15) is 10.1 Å². The maximum Gasteiger partial charge on any atom is 0.273 e. The third kappa shape index (κ3) is 3.91. The standard InChI is InChI=1S/C13H21N3O2/c1-9(2)10(3)8-15-12-5-11(14-4)6-13(7-12)16(17)18/h5-7,9-10,14-15H,8H2,1-4H3. The Bertz CT molecular complexity index is 419. The van der Waals surface area contributed by atoms with Gasteiger partial charge in [0, 0.05) is 37.1 Å². The predicted molar refractivity (Wildman–Crippen MR) is 75.1 cm³/mol. The summed E-state index contributed by atoms with van der Waals surface area (Å²) in [5.41, 5.74) is 1.62. The fourth-order valence-corrected chi connectivity index (χ4v) is 1.48. The van der Waals surface area contributed by atoms with Crippen molar-refractivity contribution in [2.24, 2.45) is 11.8 Å². The summed E-state index contributed by atoms with van der Waals surface area (Å²) in [5.74, 6) is 1.10. The Hall–Kier alpha value is -1.78. The summed E-state index contributed by atoms with van der Waals surface area (Å²) in [6, 6.07) is 4.96. The van der Waals surface area contributed by atoms with Crippen molar-refractivity contribution in [1.82, 2.24) is 0 Å². The summed E-state index contributed by atoms with van der Waals surface area (Å²) in [6.45, 7) is 7.30. The molecule has 0 amide bonds. The van der Waals surface area contributed by atoms with Crippen LogP contribution in [-0.2, 0) is 0 Å². The highest BCUT2D eigenvalue weighted by Gasteiger charge is 2.11. The lowest BCUT2D eigenvalue weighted by atomic mass is 9.98. The highest BCUT2D eigenvalue weighted by molar-refractivity contribution is 5.63. The van der Waals surface area contributed by atoms with E-state index in [4.69, 9.17) is 0 Å². The van der Waals surface area contributed by atoms with E-state index in [1.807, 2.05) is 6.07 Å². The lowest BCUT2D eigenvalue weighted by Gasteiger charge is -2.17. The van der Waals surface area contributed by atoms with Gasteiger partial charge >= 0.3 is 0 Å². The van der Waals surface area contributed by atoms with E-state index >= 15 is 0 Å². The molecular formula is C13H21N3O2. The summed E-state index contributed by atoms with van der Waals surface area (Å²) in [4.78, 5) is 10.4. The molecule has 0 spiro atoms. The third-order valence-corrected chi connectivity index (χ3v) is 3.18. The first kappa shape index (κ1) is 14.3. The summed E-state index contributed by atoms with van der Waals surface area (Å²) < 4.78 is 0. The van der Waals surface area contributed by atoms with Gasteiger partial charge in [-0.15, -0.1) is 0 Å². The minimum Gasteiger partial charge on any atom is -0.388 e. The minimum atomic E-state index is -0.377. The van der Waals surface area contributed by atoms with E-state index < -0.39 is 0 Å². The SMILES string of the molecule is CNc1cc(NCC(C)C(C)C)cc([N+](=O)[O-])c1. The minimum absolute atomic E-state index is 0.0987. The van der Waals surface area contributed by atoms with Gasteiger partial charge in [-0.05, 0) is 17.9 Å². The summed E-state index contributed by atoms with van der Waals surface area (Å²) in [5, 5.41) is 17.0. The normalized spacial score (nSPS) is 12.3. The van der Waals surface area contributed by atoms with Crippen LogP contribution < -0.4 is 10.6 Å². The molecule has 0 fully saturated rings. The first-order chi connectivity index (χ1) is 8.43. The maximum absolute atomic E-state index is 10.8. The first-order valence-corrected chi connectivity index (χ1v) is 6.15. The van der Waals surface area contributed by atoms with Gasteiger partial charge in [0.1, 0.15) is 0 Å². The molecule has 0 heterocycles. The van der Waals surface area contributed by atoms with E-state index in [-0.39, 0.29) is 10.6 Å². The number of nitrogens with one attached hydrogen (secondary N) is 2. The fourth-order valence-electron chi connectivity index (χ4n) is 1.48. The smallest absolute Gasteiger partial charge is 0.273 e. The molecule has 0 saturated carbocycles. The fraction of sp³-hybridized carbons (Fsp3) is 0.538. The zero-order valence-electron chi connectivity index (χ0n) is 11.4. The number of nitro benzene ring substituents is 1. The van der Waals surface area contributed by atoms with E-state index in [0.717, 1.165) is 17.9 Å². The van der Waals surface area contributed by atoms with Crippen molar-refractivity contribution < 1.29 is 4.92 Å². The van der Waals surface area contributed by atoms with E-state index in [0.29, 0.717) is 11.8 Å². The number of benzene rings is 1. The topological polar surface area (TPSA) is 67.2 Å². The number of non-ortho nitro benzene ring substituents is 1. The van der Waals surface area contributed by atoms with Gasteiger partial charge < -0.3 is 10.6 Å². The second kappa shape index (κ2) is 6.23. The van der Waals surface area contributed by atoms with Crippen molar-refractivity contribution >= 4 is 17.1 Å². The molecule has 1 atom stereocenters. The van der Waals surface area contributed by atoms with Crippen LogP contribution in [-0.4, -0.2) is 18.5 Å². The zero-order chi connectivity index (χ0) is 13.7. The molecule has 1 aromatic carbocycles. The van der Waals surface area contributed by atoms with Crippen molar-refractivity contribution in [2.75, 3.05) is 24.2 Å². The number of nitro groups is 1. The van der Waals surface area contributed by atoms with Crippen molar-refractivity contribution in [3.05, 3.63) is 28.3 Å². The van der Waals surface area contributed by atoms with Gasteiger partial charge in [-0.2, -0.15) is 0 Å². The van der Waals surface area contributed by atoms with Crippen molar-refractivity contribution in [1.29, 1.82) is 0 Å². The van der Waals surface area contributed by atoms with E-state index in [1.165, 1.54) is 6.07 Å². The van der Waals surface area contributed by atoms with Gasteiger partial charge in [0.05, 0.1) is 4.92 Å². The van der Waals surface area contributed by atoms with Crippen LogP contribution in [0, 0.1) is 22.0 Å². The molecule has 0 aliphatic carbocycles. The molecule has 1 unspecified atom stereocenters. The van der Waals surface area contributed by atoms with Gasteiger partial charge in [-0.1, -0.05) is 20.8 Å². The zero-order valence-corrected chi connectivity index (χ0v) is 11.4. The van der Waals surface area contributed by atoms with Crippen LogP contribution in [0.4, 0.5) is 17.1 Å². The Morgan fingerprint density at radius 3 is 2.33 bits per heavy atom. The number of anilines is 2. The Morgan fingerprint density at radius 1 is 1.22 bits per heavy atom. The van der Waals surface area contributed by atoms with E-state index in [2.05, 4.69) is 31.4 Å². The molecule has 0 radical (unpaired) electrons. The van der Waals surface area contributed by atoms with Crippen molar-refractivity contribution in [3.8, 4) is 0 Å². The molecule has 0 aliphatic rings. The summed E-state index contributed by atoms with van der Waals surface area (Å²) >= 11 is 0. The third-order valence-electron chi connectivity index (χ3n) is 3.18. The van der Waals surface area contributed by atoms with E-state index in [1.54, 1.807) is 13.1 Å². The Labute approximate surface area is 108 Å². The lowest BCUT2D eigenvalue weighted by Crippen LogP contribution is -2.16. The van der Waals surface area contributed by atoms with Crippen LogP contribution in [0.3, 0.4) is 0 Å². The number of hydrogen-bond acceptors (Lipinski definition) is 4. The van der Waals surface area contributed by atoms with Crippen LogP contribution in [0.25, 0.3) is 0 Å². The van der Waals surface area contributed by atoms with Gasteiger partial charge in [0.25, 0.3) is 5.69 Å². The van der Waals surface area contributed by atoms with Crippen LogP contribution in [0.1, 0.15) is 20.8 Å². The molecule has 1 rings (SSSR count). The summed E-state index contributed by atoms with van der Waals surface area (Å²) in [7, 11) is 1.75. The largest absolute Gasteiger partial charge is 0.388 e. The molecular weight excluding hydrogens is 230 g/mol. The van der Waals surface area contributed by atoms with Crippen LogP contribution in [0.5, 0.6) is 0 Å².